The molecular formula is C27H22F3N3O6S. The number of alkyl halides is 3. The third-order valence-corrected chi connectivity index (χ3v) is 6.67. The Balaban J connectivity index is 1.58. The lowest BCUT2D eigenvalue weighted by atomic mass is 10.1. The molecule has 1 atom stereocenters. The van der Waals surface area contributed by atoms with Gasteiger partial charge in [0.2, 0.25) is 5.91 Å². The summed E-state index contributed by atoms with van der Waals surface area (Å²) in [5.74, 6) is -4.42. The minimum atomic E-state index is -5.41. The average molecular weight is 574 g/mol. The fraction of sp³-hybridized carbons (Fsp3) is 0.185. The van der Waals surface area contributed by atoms with Crippen LogP contribution in [0.3, 0.4) is 0 Å². The molecule has 0 aliphatic rings. The maximum Gasteiger partial charge on any atom is 0.493 e. The third-order valence-electron chi connectivity index (χ3n) is 5.70. The lowest BCUT2D eigenvalue weighted by Crippen LogP contribution is -2.42. The van der Waals surface area contributed by atoms with Gasteiger partial charge in [-0.3, -0.25) is 19.8 Å². The second kappa shape index (κ2) is 12.1. The van der Waals surface area contributed by atoms with E-state index in [0.29, 0.717) is 5.75 Å². The van der Waals surface area contributed by atoms with Gasteiger partial charge in [0, 0.05) is 27.1 Å². The number of amides is 2. The van der Waals surface area contributed by atoms with Crippen molar-refractivity contribution in [3.05, 3.63) is 93.8 Å². The molecule has 0 fully saturated rings. The molecular weight excluding hydrogens is 551 g/mol. The number of hydrogen-bond donors (Lipinski definition) is 2. The first-order valence-corrected chi connectivity index (χ1v) is 12.6. The molecule has 2 N–H and O–H groups in total. The van der Waals surface area contributed by atoms with E-state index < -0.39 is 36.4 Å². The molecule has 9 nitrogen and oxygen atoms in total. The van der Waals surface area contributed by atoms with Crippen LogP contribution in [0.25, 0.3) is 10.9 Å². The average Bonchev–Trinajstić information content (AvgIpc) is 3.47. The van der Waals surface area contributed by atoms with E-state index in [2.05, 4.69) is 9.82 Å². The summed E-state index contributed by atoms with van der Waals surface area (Å²) < 4.78 is 45.0. The molecule has 4 aromatic rings. The maximum atomic E-state index is 13.3. The van der Waals surface area contributed by atoms with E-state index in [0.717, 1.165) is 33.5 Å². The molecule has 1 unspecified atom stereocenters. The second-order valence-corrected chi connectivity index (χ2v) is 9.51. The van der Waals surface area contributed by atoms with Crippen molar-refractivity contribution in [3.8, 4) is 5.75 Å². The number of carbonyl (C=O) groups is 3. The van der Waals surface area contributed by atoms with Crippen LogP contribution in [0, 0.1) is 6.92 Å². The van der Waals surface area contributed by atoms with Crippen molar-refractivity contribution >= 4 is 40.0 Å². The van der Waals surface area contributed by atoms with Gasteiger partial charge in [-0.15, -0.1) is 11.3 Å². The highest BCUT2D eigenvalue weighted by atomic mass is 32.1. The minimum absolute atomic E-state index is 0.140. The summed E-state index contributed by atoms with van der Waals surface area (Å²) in [7, 11) is 0. The van der Waals surface area contributed by atoms with Crippen LogP contribution in [0.4, 0.5) is 13.2 Å². The quantitative estimate of drug-likeness (QED) is 0.217. The summed E-state index contributed by atoms with van der Waals surface area (Å²) in [6.07, 6.45) is -6.10. The number of rotatable bonds is 8. The van der Waals surface area contributed by atoms with Crippen molar-refractivity contribution in [2.45, 2.75) is 32.2 Å². The number of pyridine rings is 1. The number of hydrogen-bond acceptors (Lipinski definition) is 8. The van der Waals surface area contributed by atoms with Crippen LogP contribution in [0.15, 0.2) is 72.1 Å². The van der Waals surface area contributed by atoms with Gasteiger partial charge in [-0.1, -0.05) is 24.3 Å². The molecule has 0 radical (unpaired) electrons. The summed E-state index contributed by atoms with van der Waals surface area (Å²) in [6, 6.07) is 16.4. The van der Waals surface area contributed by atoms with Crippen molar-refractivity contribution in [2.24, 2.45) is 0 Å². The number of para-hydroxylation sites is 1. The summed E-state index contributed by atoms with van der Waals surface area (Å²) in [5.41, 5.74) is 3.73. The van der Waals surface area contributed by atoms with Crippen molar-refractivity contribution in [1.29, 1.82) is 0 Å². The summed E-state index contributed by atoms with van der Waals surface area (Å²) >= 11 is 1.02. The van der Waals surface area contributed by atoms with Crippen LogP contribution in [0.5, 0.6) is 5.75 Å². The molecule has 0 saturated heterocycles. The lowest BCUT2D eigenvalue weighted by molar-refractivity contribution is -0.235. The summed E-state index contributed by atoms with van der Waals surface area (Å²) in [4.78, 5) is 46.2. The van der Waals surface area contributed by atoms with Gasteiger partial charge in [0.25, 0.3) is 5.91 Å². The van der Waals surface area contributed by atoms with Crippen molar-refractivity contribution in [3.63, 3.8) is 0 Å². The molecule has 2 amide bonds. The molecule has 2 heterocycles. The molecule has 0 aliphatic heterocycles. The SMILES string of the molecule is Cc1cc(COc2ccc(C(=O)N(OC(=O)C(F)(F)F)C(CC(=O)NO)c3cccs3)cc2)c2ccccc2n1. The standard InChI is InChI=1S/C27H22F3N3O6S/c1-16-13-18(20-5-2-3-6-21(20)31-16)15-38-19-10-8-17(9-11-19)25(35)33(39-26(36)27(28,29)30)22(14-24(34)32-37)23-7-4-12-40-23/h2-13,22,37H,14-15H2,1H3,(H,32,34). The van der Waals surface area contributed by atoms with Gasteiger partial charge in [-0.25, -0.2) is 10.3 Å². The fourth-order valence-corrected chi connectivity index (χ4v) is 4.69. The number of halogens is 3. The summed E-state index contributed by atoms with van der Waals surface area (Å²) in [5, 5.41) is 11.6. The van der Waals surface area contributed by atoms with Gasteiger partial charge in [0.05, 0.1) is 11.9 Å². The van der Waals surface area contributed by atoms with E-state index in [9.17, 15) is 27.6 Å². The van der Waals surface area contributed by atoms with Gasteiger partial charge in [0.1, 0.15) is 18.4 Å². The van der Waals surface area contributed by atoms with Crippen LogP contribution in [0.2, 0.25) is 0 Å². The van der Waals surface area contributed by atoms with Gasteiger partial charge in [-0.05, 0) is 54.8 Å². The van der Waals surface area contributed by atoms with Crippen LogP contribution in [-0.4, -0.2) is 39.2 Å². The molecule has 208 valence electrons. The minimum Gasteiger partial charge on any atom is -0.489 e. The number of hydroxylamine groups is 3. The lowest BCUT2D eigenvalue weighted by Gasteiger charge is -2.29. The second-order valence-electron chi connectivity index (χ2n) is 8.53. The Morgan fingerprint density at radius 2 is 1.80 bits per heavy atom. The number of fused-ring (bicyclic) bond motifs is 1. The highest BCUT2D eigenvalue weighted by Gasteiger charge is 2.45. The Bertz CT molecular complexity index is 1510. The summed E-state index contributed by atoms with van der Waals surface area (Å²) in [6.45, 7) is 2.05. The zero-order chi connectivity index (χ0) is 28.9. The van der Waals surface area contributed by atoms with Gasteiger partial charge in [-0.2, -0.15) is 18.2 Å². The number of ether oxygens (including phenoxy) is 1. The highest BCUT2D eigenvalue weighted by Crippen LogP contribution is 2.32. The zero-order valence-corrected chi connectivity index (χ0v) is 21.7. The molecule has 13 heteroatoms. The monoisotopic (exact) mass is 573 g/mol. The Morgan fingerprint density at radius 3 is 2.45 bits per heavy atom. The number of nitrogens with one attached hydrogen (secondary N) is 1. The predicted molar refractivity (Wildman–Crippen MR) is 137 cm³/mol. The van der Waals surface area contributed by atoms with Crippen molar-refractivity contribution < 1.29 is 42.3 Å². The number of benzene rings is 2. The van der Waals surface area contributed by atoms with E-state index in [-0.39, 0.29) is 22.1 Å². The van der Waals surface area contributed by atoms with E-state index in [4.69, 9.17) is 9.94 Å². The topological polar surface area (TPSA) is 118 Å². The van der Waals surface area contributed by atoms with Crippen molar-refractivity contribution in [1.82, 2.24) is 15.5 Å². The van der Waals surface area contributed by atoms with Gasteiger partial charge >= 0.3 is 12.1 Å². The predicted octanol–water partition coefficient (Wildman–Crippen LogP) is 5.28. The number of aromatic nitrogens is 1. The zero-order valence-electron chi connectivity index (χ0n) is 20.8. The number of aryl methyl sites for hydroxylation is 1. The molecule has 2 aromatic heterocycles. The third kappa shape index (κ3) is 6.74. The van der Waals surface area contributed by atoms with E-state index in [1.807, 2.05) is 37.3 Å². The molecule has 0 spiro atoms. The van der Waals surface area contributed by atoms with E-state index in [1.54, 1.807) is 5.38 Å². The normalized spacial score (nSPS) is 12.0. The first-order chi connectivity index (χ1) is 19.1. The van der Waals surface area contributed by atoms with Crippen LogP contribution in [-0.2, 0) is 21.0 Å². The highest BCUT2D eigenvalue weighted by molar-refractivity contribution is 7.10. The van der Waals surface area contributed by atoms with E-state index in [1.165, 1.54) is 41.9 Å². The van der Waals surface area contributed by atoms with Crippen LogP contribution in [0.1, 0.15) is 39.0 Å². The van der Waals surface area contributed by atoms with E-state index >= 15 is 0 Å². The Kier molecular flexibility index (Phi) is 8.65. The Hall–Kier alpha value is -4.49. The number of thiophene rings is 1. The number of carbonyl (C=O) groups excluding carboxylic acids is 3. The molecule has 2 aromatic carbocycles. The molecule has 0 bridgehead atoms. The fourth-order valence-electron chi connectivity index (χ4n) is 3.89. The Morgan fingerprint density at radius 1 is 1.07 bits per heavy atom. The molecule has 40 heavy (non-hydrogen) atoms. The maximum absolute atomic E-state index is 13.3. The first-order valence-electron chi connectivity index (χ1n) is 11.7. The van der Waals surface area contributed by atoms with Gasteiger partial charge < -0.3 is 9.57 Å². The van der Waals surface area contributed by atoms with Crippen LogP contribution >= 0.6 is 11.3 Å². The molecule has 0 saturated carbocycles. The molecule has 0 aliphatic carbocycles. The number of nitrogens with zero attached hydrogens (tertiary/aromatic N) is 2. The first kappa shape index (κ1) is 28.5. The Labute approximate surface area is 229 Å². The largest absolute Gasteiger partial charge is 0.493 e. The van der Waals surface area contributed by atoms with Crippen LogP contribution < -0.4 is 10.2 Å². The van der Waals surface area contributed by atoms with Gasteiger partial charge in [0.15, 0.2) is 0 Å². The van der Waals surface area contributed by atoms with Crippen molar-refractivity contribution in [2.75, 3.05) is 0 Å². The smallest absolute Gasteiger partial charge is 0.489 e. The molecule has 4 rings (SSSR count).